The van der Waals surface area contributed by atoms with Crippen LogP contribution in [-0.2, 0) is 24.5 Å². The number of methoxy groups -OCH3 is 3. The summed E-state index contributed by atoms with van der Waals surface area (Å²) >= 11 is 3.50. The van der Waals surface area contributed by atoms with Gasteiger partial charge in [-0.2, -0.15) is 0 Å². The average molecular weight is 441 g/mol. The molecule has 148 valence electrons. The van der Waals surface area contributed by atoms with Crippen molar-refractivity contribution in [3.63, 3.8) is 0 Å². The van der Waals surface area contributed by atoms with Gasteiger partial charge in [0.25, 0.3) is 0 Å². The average Bonchev–Trinajstić information content (AvgIpc) is 2.68. The third kappa shape index (κ3) is 4.51. The van der Waals surface area contributed by atoms with E-state index < -0.39 is 17.9 Å². The molecule has 0 bridgehead atoms. The first-order valence-corrected chi connectivity index (χ1v) is 9.71. The van der Waals surface area contributed by atoms with Gasteiger partial charge in [-0.1, -0.05) is 29.3 Å². The molecule has 0 fully saturated rings. The molecule has 0 N–H and O–H groups in total. The molecule has 0 aromatic heterocycles. The molecule has 1 aromatic carbocycles. The minimum absolute atomic E-state index is 0.0622. The standard InChI is InChI=1S/C20H25BrO6/c1-20(9-5-6-14(18(23)26-3)19(24)27-4)11-16(21)17(22)13-8-7-12(25-2)10-15(13)20/h7-8,10,14,16H,5-6,9,11H2,1-4H3. The second-order valence-corrected chi connectivity index (χ2v) is 8.10. The first-order chi connectivity index (χ1) is 12.8. The lowest BCUT2D eigenvalue weighted by molar-refractivity contribution is -0.159. The fraction of sp³-hybridized carbons (Fsp3) is 0.550. The molecule has 1 aromatic rings. The number of carbonyl (C=O) groups is 3. The number of benzene rings is 1. The van der Waals surface area contributed by atoms with Crippen molar-refractivity contribution < 1.29 is 28.6 Å². The fourth-order valence-corrected chi connectivity index (χ4v) is 4.64. The largest absolute Gasteiger partial charge is 0.497 e. The first kappa shape index (κ1) is 21.4. The Hall–Kier alpha value is -1.89. The molecular weight excluding hydrogens is 416 g/mol. The molecule has 0 heterocycles. The topological polar surface area (TPSA) is 78.9 Å². The van der Waals surface area contributed by atoms with Crippen LogP contribution in [-0.4, -0.2) is 43.9 Å². The van der Waals surface area contributed by atoms with E-state index in [1.54, 1.807) is 19.2 Å². The van der Waals surface area contributed by atoms with E-state index in [2.05, 4.69) is 22.9 Å². The van der Waals surface area contributed by atoms with E-state index in [1.807, 2.05) is 6.07 Å². The van der Waals surface area contributed by atoms with Crippen LogP contribution in [0.4, 0.5) is 0 Å². The van der Waals surface area contributed by atoms with Crippen molar-refractivity contribution in [2.75, 3.05) is 21.3 Å². The summed E-state index contributed by atoms with van der Waals surface area (Å²) < 4.78 is 14.7. The zero-order valence-corrected chi connectivity index (χ0v) is 17.6. The van der Waals surface area contributed by atoms with Gasteiger partial charge in [-0.3, -0.25) is 14.4 Å². The Morgan fingerprint density at radius 3 is 2.41 bits per heavy atom. The van der Waals surface area contributed by atoms with Crippen molar-refractivity contribution in [2.24, 2.45) is 5.92 Å². The molecule has 27 heavy (non-hydrogen) atoms. The summed E-state index contributed by atoms with van der Waals surface area (Å²) in [7, 11) is 4.10. The van der Waals surface area contributed by atoms with Crippen LogP contribution >= 0.6 is 15.9 Å². The second-order valence-electron chi connectivity index (χ2n) is 7.00. The Kier molecular flexibility index (Phi) is 7.03. The Labute approximate surface area is 167 Å². The van der Waals surface area contributed by atoms with E-state index in [-0.39, 0.29) is 16.0 Å². The highest BCUT2D eigenvalue weighted by Crippen LogP contribution is 2.44. The van der Waals surface area contributed by atoms with Crippen LogP contribution in [0.1, 0.15) is 48.5 Å². The number of ether oxygens (including phenoxy) is 3. The van der Waals surface area contributed by atoms with Crippen molar-refractivity contribution in [3.8, 4) is 5.75 Å². The highest BCUT2D eigenvalue weighted by atomic mass is 79.9. The third-order valence-corrected chi connectivity index (χ3v) is 5.99. The summed E-state index contributed by atoms with van der Waals surface area (Å²) in [5.41, 5.74) is 1.34. The highest BCUT2D eigenvalue weighted by Gasteiger charge is 2.40. The van der Waals surface area contributed by atoms with E-state index >= 15 is 0 Å². The van der Waals surface area contributed by atoms with Crippen LogP contribution in [0.25, 0.3) is 0 Å². The molecule has 2 unspecified atom stereocenters. The normalized spacial score (nSPS) is 21.6. The van der Waals surface area contributed by atoms with Crippen LogP contribution in [0.15, 0.2) is 18.2 Å². The number of halogens is 1. The number of rotatable bonds is 7. The third-order valence-electron chi connectivity index (χ3n) is 5.25. The molecule has 1 aliphatic rings. The summed E-state index contributed by atoms with van der Waals surface area (Å²) in [6, 6.07) is 5.49. The summed E-state index contributed by atoms with van der Waals surface area (Å²) in [6.45, 7) is 2.09. The van der Waals surface area contributed by atoms with Gasteiger partial charge in [0.2, 0.25) is 0 Å². The molecular formula is C20H25BrO6. The molecule has 0 spiro atoms. The first-order valence-electron chi connectivity index (χ1n) is 8.80. The van der Waals surface area contributed by atoms with Crippen molar-refractivity contribution >= 4 is 33.7 Å². The predicted molar refractivity (Wildman–Crippen MR) is 103 cm³/mol. The predicted octanol–water partition coefficient (Wildman–Crippen LogP) is 3.44. The Morgan fingerprint density at radius 1 is 1.22 bits per heavy atom. The Bertz CT molecular complexity index is 715. The molecule has 0 saturated carbocycles. The minimum atomic E-state index is -0.932. The summed E-state index contributed by atoms with van der Waals surface area (Å²) in [5.74, 6) is -1.36. The quantitative estimate of drug-likeness (QED) is 0.367. The van der Waals surface area contributed by atoms with E-state index in [9.17, 15) is 14.4 Å². The van der Waals surface area contributed by atoms with Gasteiger partial charge in [-0.05, 0) is 48.4 Å². The molecule has 0 radical (unpaired) electrons. The molecule has 0 saturated heterocycles. The van der Waals surface area contributed by atoms with E-state index in [0.29, 0.717) is 37.0 Å². The van der Waals surface area contributed by atoms with Gasteiger partial charge in [0.05, 0.1) is 26.2 Å². The molecule has 7 heteroatoms. The number of fused-ring (bicyclic) bond motifs is 1. The number of hydrogen-bond donors (Lipinski definition) is 0. The van der Waals surface area contributed by atoms with Crippen LogP contribution < -0.4 is 4.74 Å². The van der Waals surface area contributed by atoms with Gasteiger partial charge < -0.3 is 14.2 Å². The van der Waals surface area contributed by atoms with Crippen LogP contribution in [0.5, 0.6) is 5.75 Å². The van der Waals surface area contributed by atoms with E-state index in [1.165, 1.54) is 14.2 Å². The van der Waals surface area contributed by atoms with Crippen LogP contribution in [0.2, 0.25) is 0 Å². The van der Waals surface area contributed by atoms with Crippen molar-refractivity contribution in [1.29, 1.82) is 0 Å². The van der Waals surface area contributed by atoms with Crippen molar-refractivity contribution in [3.05, 3.63) is 29.3 Å². The van der Waals surface area contributed by atoms with Crippen molar-refractivity contribution in [2.45, 2.75) is 42.8 Å². The van der Waals surface area contributed by atoms with Crippen molar-refractivity contribution in [1.82, 2.24) is 0 Å². The minimum Gasteiger partial charge on any atom is -0.497 e. The lowest BCUT2D eigenvalue weighted by atomic mass is 9.68. The number of ketones is 1. The van der Waals surface area contributed by atoms with Gasteiger partial charge in [-0.25, -0.2) is 0 Å². The summed E-state index contributed by atoms with van der Waals surface area (Å²) in [6.07, 6.45) is 2.27. The van der Waals surface area contributed by atoms with Gasteiger partial charge in [0.15, 0.2) is 11.7 Å². The number of Topliss-reactive ketones (excluding diaryl/α,β-unsaturated/α-hetero) is 1. The molecule has 2 atom stereocenters. The van der Waals surface area contributed by atoms with Gasteiger partial charge in [0.1, 0.15) is 5.75 Å². The Balaban J connectivity index is 2.22. The monoisotopic (exact) mass is 440 g/mol. The van der Waals surface area contributed by atoms with E-state index in [0.717, 1.165) is 5.56 Å². The van der Waals surface area contributed by atoms with Crippen LogP contribution in [0, 0.1) is 5.92 Å². The SMILES string of the molecule is COC(=O)C(CCCC1(C)CC(Br)C(=O)c2ccc(OC)cc21)C(=O)OC. The summed E-state index contributed by atoms with van der Waals surface area (Å²) in [4.78, 5) is 36.0. The van der Waals surface area contributed by atoms with Gasteiger partial charge >= 0.3 is 11.9 Å². The molecule has 6 nitrogen and oxygen atoms in total. The number of alkyl halides is 1. The lowest BCUT2D eigenvalue weighted by Crippen LogP contribution is -2.37. The second kappa shape index (κ2) is 8.87. The Morgan fingerprint density at radius 2 is 1.85 bits per heavy atom. The summed E-state index contributed by atoms with van der Waals surface area (Å²) in [5, 5.41) is 0. The van der Waals surface area contributed by atoms with Gasteiger partial charge in [0, 0.05) is 5.56 Å². The van der Waals surface area contributed by atoms with E-state index in [4.69, 9.17) is 14.2 Å². The number of hydrogen-bond acceptors (Lipinski definition) is 6. The number of carbonyl (C=O) groups excluding carboxylic acids is 3. The lowest BCUT2D eigenvalue weighted by Gasteiger charge is -2.38. The molecule has 1 aliphatic carbocycles. The van der Waals surface area contributed by atoms with Crippen LogP contribution in [0.3, 0.4) is 0 Å². The molecule has 0 amide bonds. The zero-order chi connectivity index (χ0) is 20.2. The number of esters is 2. The maximum absolute atomic E-state index is 12.5. The maximum atomic E-state index is 12.5. The molecule has 0 aliphatic heterocycles. The fourth-order valence-electron chi connectivity index (χ4n) is 3.68. The smallest absolute Gasteiger partial charge is 0.320 e. The highest BCUT2D eigenvalue weighted by molar-refractivity contribution is 9.10. The maximum Gasteiger partial charge on any atom is 0.320 e. The molecule has 2 rings (SSSR count). The zero-order valence-electron chi connectivity index (χ0n) is 16.0. The van der Waals surface area contributed by atoms with Gasteiger partial charge in [-0.15, -0.1) is 0 Å².